The molecule has 4 heteroatoms. The molecular weight excluding hydrogens is 136 g/mol. The molecule has 0 amide bonds. The van der Waals surface area contributed by atoms with Gasteiger partial charge < -0.3 is 14.6 Å². The summed E-state index contributed by atoms with van der Waals surface area (Å²) < 4.78 is 8.58. The van der Waals surface area contributed by atoms with Crippen LogP contribution in [0.3, 0.4) is 0 Å². The van der Waals surface area contributed by atoms with E-state index in [9.17, 15) is 4.79 Å². The van der Waals surface area contributed by atoms with Gasteiger partial charge in [0.2, 0.25) is 0 Å². The van der Waals surface area contributed by atoms with Crippen LogP contribution < -0.4 is 0 Å². The number of hydrogen-bond donors (Lipinski definition) is 1. The van der Waals surface area contributed by atoms with Gasteiger partial charge in [0.1, 0.15) is 13.2 Å². The van der Waals surface area contributed by atoms with Gasteiger partial charge in [0.15, 0.2) is 0 Å². The van der Waals surface area contributed by atoms with Crippen molar-refractivity contribution in [3.05, 3.63) is 0 Å². The molecule has 1 N–H and O–H groups in total. The Morgan fingerprint density at radius 2 is 1.90 bits per heavy atom. The first-order valence-electron chi connectivity index (χ1n) is 3.21. The van der Waals surface area contributed by atoms with Crippen molar-refractivity contribution in [2.75, 3.05) is 19.8 Å². The quantitative estimate of drug-likeness (QED) is 0.551. The summed E-state index contributed by atoms with van der Waals surface area (Å²) in [6.07, 6.45) is 0.329. The molecule has 0 spiro atoms. The van der Waals surface area contributed by atoms with Crippen molar-refractivity contribution in [2.45, 2.75) is 13.3 Å². The normalized spacial score (nSPS) is 14.8. The van der Waals surface area contributed by atoms with Gasteiger partial charge in [-0.1, -0.05) is 6.92 Å². The summed E-state index contributed by atoms with van der Waals surface area (Å²) >= 11 is 0. The van der Waals surface area contributed by atoms with Crippen molar-refractivity contribution in [1.82, 2.24) is 0 Å². The van der Waals surface area contributed by atoms with Crippen molar-refractivity contribution in [1.29, 1.82) is 0 Å². The highest BCUT2D eigenvalue weighted by molar-refractivity contribution is 5.61. The standard InChI is InChI=1S/C3H4O3.C3H8O/c4-3-5-1-2-6-3;1-2-3-4/h1-2H2;4H,2-3H2,1H3. The third-order valence-corrected chi connectivity index (χ3v) is 0.747. The van der Waals surface area contributed by atoms with E-state index in [-0.39, 0.29) is 0 Å². The summed E-state index contributed by atoms with van der Waals surface area (Å²) in [5.74, 6) is 0. The number of aliphatic hydroxyl groups is 1. The van der Waals surface area contributed by atoms with E-state index in [0.717, 1.165) is 6.42 Å². The van der Waals surface area contributed by atoms with Crippen LogP contribution in [0.25, 0.3) is 0 Å². The van der Waals surface area contributed by atoms with E-state index in [4.69, 9.17) is 5.11 Å². The largest absolute Gasteiger partial charge is 0.508 e. The summed E-state index contributed by atoms with van der Waals surface area (Å²) in [7, 11) is 0. The van der Waals surface area contributed by atoms with Crippen LogP contribution in [-0.2, 0) is 9.47 Å². The lowest BCUT2D eigenvalue weighted by Gasteiger charge is -1.78. The first-order chi connectivity index (χ1) is 4.81. The maximum absolute atomic E-state index is 9.80. The minimum Gasteiger partial charge on any atom is -0.431 e. The highest BCUT2D eigenvalue weighted by Crippen LogP contribution is 1.92. The third-order valence-electron chi connectivity index (χ3n) is 0.747. The highest BCUT2D eigenvalue weighted by atomic mass is 16.8. The van der Waals surface area contributed by atoms with Crippen LogP contribution >= 0.6 is 0 Å². The molecule has 4 nitrogen and oxygen atoms in total. The Balaban J connectivity index is 0.000000180. The number of carbonyl (C=O) groups excluding carboxylic acids is 1. The van der Waals surface area contributed by atoms with Crippen molar-refractivity contribution < 1.29 is 19.4 Å². The molecular formula is C6H12O4. The number of rotatable bonds is 1. The molecule has 0 aromatic carbocycles. The number of hydrogen-bond acceptors (Lipinski definition) is 4. The maximum atomic E-state index is 9.80. The van der Waals surface area contributed by atoms with Crippen LogP contribution in [0.1, 0.15) is 13.3 Å². The van der Waals surface area contributed by atoms with Gasteiger partial charge in [-0.25, -0.2) is 4.79 Å². The molecule has 0 radical (unpaired) electrons. The molecule has 1 saturated heterocycles. The van der Waals surface area contributed by atoms with Crippen LogP contribution in [0.4, 0.5) is 4.79 Å². The second-order valence-electron chi connectivity index (χ2n) is 1.67. The highest BCUT2D eigenvalue weighted by Gasteiger charge is 2.09. The van der Waals surface area contributed by atoms with Gasteiger partial charge >= 0.3 is 6.16 Å². The number of ether oxygens (including phenoxy) is 2. The predicted molar refractivity (Wildman–Crippen MR) is 34.7 cm³/mol. The molecule has 0 aromatic heterocycles. The van der Waals surface area contributed by atoms with E-state index >= 15 is 0 Å². The van der Waals surface area contributed by atoms with E-state index in [1.165, 1.54) is 0 Å². The van der Waals surface area contributed by atoms with Gasteiger partial charge in [0.05, 0.1) is 0 Å². The lowest BCUT2D eigenvalue weighted by Crippen LogP contribution is -1.88. The zero-order chi connectivity index (χ0) is 7.82. The molecule has 0 unspecified atom stereocenters. The molecule has 0 aliphatic carbocycles. The molecule has 1 heterocycles. The summed E-state index contributed by atoms with van der Waals surface area (Å²) in [5, 5.41) is 7.88. The Bertz CT molecular complexity index is 81.7. The van der Waals surface area contributed by atoms with Crippen molar-refractivity contribution in [3.63, 3.8) is 0 Å². The second-order valence-corrected chi connectivity index (χ2v) is 1.67. The van der Waals surface area contributed by atoms with Crippen molar-refractivity contribution in [3.8, 4) is 0 Å². The summed E-state index contributed by atoms with van der Waals surface area (Å²) in [6.45, 7) is 3.08. The van der Waals surface area contributed by atoms with Crippen LogP contribution in [0.5, 0.6) is 0 Å². The van der Waals surface area contributed by atoms with Crippen molar-refractivity contribution in [2.24, 2.45) is 0 Å². The van der Waals surface area contributed by atoms with E-state index in [0.29, 0.717) is 19.8 Å². The van der Waals surface area contributed by atoms with E-state index < -0.39 is 6.16 Å². The molecule has 1 aliphatic heterocycles. The molecule has 0 saturated carbocycles. The number of cyclic esters (lactones) is 2. The smallest absolute Gasteiger partial charge is 0.431 e. The molecule has 1 aliphatic rings. The van der Waals surface area contributed by atoms with Crippen LogP contribution in [0.2, 0.25) is 0 Å². The Kier molecular flexibility index (Phi) is 5.86. The van der Waals surface area contributed by atoms with Crippen LogP contribution in [0, 0.1) is 0 Å². The van der Waals surface area contributed by atoms with Crippen molar-refractivity contribution >= 4 is 6.16 Å². The van der Waals surface area contributed by atoms with E-state index in [2.05, 4.69) is 9.47 Å². The number of aliphatic hydroxyl groups excluding tert-OH is 1. The SMILES string of the molecule is CCCO.O=C1OCCO1. The van der Waals surface area contributed by atoms with Crippen LogP contribution in [0.15, 0.2) is 0 Å². The predicted octanol–water partition coefficient (Wildman–Crippen LogP) is 0.542. The van der Waals surface area contributed by atoms with Gasteiger partial charge in [-0.2, -0.15) is 0 Å². The van der Waals surface area contributed by atoms with Gasteiger partial charge in [0, 0.05) is 6.61 Å². The fraction of sp³-hybridized carbons (Fsp3) is 0.833. The fourth-order valence-electron chi connectivity index (χ4n) is 0.292. The van der Waals surface area contributed by atoms with Gasteiger partial charge in [-0.05, 0) is 6.42 Å². The minimum atomic E-state index is -0.546. The van der Waals surface area contributed by atoms with Gasteiger partial charge in [-0.3, -0.25) is 0 Å². The topological polar surface area (TPSA) is 55.8 Å². The van der Waals surface area contributed by atoms with Gasteiger partial charge in [0.25, 0.3) is 0 Å². The molecule has 1 rings (SSSR count). The Hall–Kier alpha value is -0.770. The Labute approximate surface area is 59.7 Å². The summed E-state index contributed by atoms with van der Waals surface area (Å²) in [6, 6.07) is 0. The molecule has 10 heavy (non-hydrogen) atoms. The number of carbonyl (C=O) groups is 1. The van der Waals surface area contributed by atoms with E-state index in [1.807, 2.05) is 6.92 Å². The maximum Gasteiger partial charge on any atom is 0.508 e. The first-order valence-corrected chi connectivity index (χ1v) is 3.21. The summed E-state index contributed by atoms with van der Waals surface area (Å²) in [5.41, 5.74) is 0. The van der Waals surface area contributed by atoms with Crippen LogP contribution in [-0.4, -0.2) is 31.1 Å². The van der Waals surface area contributed by atoms with Gasteiger partial charge in [-0.15, -0.1) is 0 Å². The molecule has 1 fully saturated rings. The first kappa shape index (κ1) is 9.23. The monoisotopic (exact) mass is 148 g/mol. The second kappa shape index (κ2) is 6.35. The lowest BCUT2D eigenvalue weighted by molar-refractivity contribution is 0.131. The molecule has 0 atom stereocenters. The fourth-order valence-corrected chi connectivity index (χ4v) is 0.292. The Morgan fingerprint density at radius 3 is 2.00 bits per heavy atom. The third kappa shape index (κ3) is 5.37. The Morgan fingerprint density at radius 1 is 1.50 bits per heavy atom. The minimum absolute atomic E-state index is 0.319. The average Bonchev–Trinajstić information content (AvgIpc) is 2.40. The molecule has 60 valence electrons. The molecule has 0 aromatic rings. The summed E-state index contributed by atoms with van der Waals surface area (Å²) in [4.78, 5) is 9.80. The zero-order valence-electron chi connectivity index (χ0n) is 6.00. The average molecular weight is 148 g/mol. The lowest BCUT2D eigenvalue weighted by atomic mass is 10.5. The molecule has 0 bridgehead atoms. The zero-order valence-corrected chi connectivity index (χ0v) is 6.00. The van der Waals surface area contributed by atoms with E-state index in [1.54, 1.807) is 0 Å².